The first-order valence-electron chi connectivity index (χ1n) is 13.4. The molecule has 2 heterocycles. The Morgan fingerprint density at radius 1 is 0.500 bits per heavy atom. The van der Waals surface area contributed by atoms with Crippen LogP contribution in [0.2, 0.25) is 0 Å². The van der Waals surface area contributed by atoms with Gasteiger partial charge in [0.1, 0.15) is 0 Å². The van der Waals surface area contributed by atoms with Gasteiger partial charge in [-0.15, -0.1) is 22.7 Å². The van der Waals surface area contributed by atoms with Crippen LogP contribution in [0, 0.1) is 0 Å². The van der Waals surface area contributed by atoms with Gasteiger partial charge in [0.25, 0.3) is 0 Å². The number of aryl methyl sites for hydroxylation is 2. The third-order valence-electron chi connectivity index (χ3n) is 7.11. The van der Waals surface area contributed by atoms with E-state index >= 15 is 0 Å². The number of fused-ring (bicyclic) bond motifs is 5. The molecule has 0 aliphatic carbocycles. The molecule has 184 valence electrons. The van der Waals surface area contributed by atoms with Gasteiger partial charge in [-0.3, -0.25) is 0 Å². The topological polar surface area (TPSA) is 0 Å². The van der Waals surface area contributed by atoms with Gasteiger partial charge in [0, 0.05) is 20.2 Å². The van der Waals surface area contributed by atoms with Crippen LogP contribution in [0.1, 0.15) is 102 Å². The highest BCUT2D eigenvalue weighted by molar-refractivity contribution is 9.11. The summed E-state index contributed by atoms with van der Waals surface area (Å²) in [7, 11) is 0. The molecule has 0 fully saturated rings. The molecule has 0 saturated carbocycles. The largest absolute Gasteiger partial charge is 0.128 e. The lowest BCUT2D eigenvalue weighted by atomic mass is 9.94. The number of halogens is 2. The standard InChI is InChI=1S/C30H38Br2S2/c1-3-5-7-9-11-13-15-21-17-25-26(29-23(21)19-27(31)33-29)18-22(16-14-12-10-8-6-4-2)24-20-28(32)34-30(24)25/h17-20H,3-16H2,1-2H3. The maximum Gasteiger partial charge on any atom is 0.0711 e. The second-order valence-electron chi connectivity index (χ2n) is 9.79. The Bertz CT molecular complexity index is 1120. The molecule has 0 amide bonds. The minimum atomic E-state index is 1.19. The smallest absolute Gasteiger partial charge is 0.0711 e. The van der Waals surface area contributed by atoms with Gasteiger partial charge in [-0.2, -0.15) is 0 Å². The molecule has 4 heteroatoms. The third-order valence-corrected chi connectivity index (χ3v) is 10.5. The predicted octanol–water partition coefficient (Wildman–Crippen LogP) is 12.6. The molecule has 0 N–H and O–H groups in total. The fourth-order valence-corrected chi connectivity index (χ4v) is 8.57. The van der Waals surface area contributed by atoms with Crippen LogP contribution in [0.4, 0.5) is 0 Å². The zero-order valence-corrected chi connectivity index (χ0v) is 25.6. The van der Waals surface area contributed by atoms with Crippen molar-refractivity contribution >= 4 is 85.5 Å². The molecule has 2 aromatic carbocycles. The Hall–Kier alpha value is -0.420. The highest BCUT2D eigenvalue weighted by Crippen LogP contribution is 2.44. The van der Waals surface area contributed by atoms with Crippen LogP contribution in [0.3, 0.4) is 0 Å². The Labute approximate surface area is 230 Å². The first kappa shape index (κ1) is 26.6. The van der Waals surface area contributed by atoms with Gasteiger partial charge >= 0.3 is 0 Å². The van der Waals surface area contributed by atoms with Crippen LogP contribution in [-0.4, -0.2) is 0 Å². The number of hydrogen-bond acceptors (Lipinski definition) is 2. The summed E-state index contributed by atoms with van der Waals surface area (Å²) in [4.78, 5) is 0. The Kier molecular flexibility index (Phi) is 10.4. The van der Waals surface area contributed by atoms with E-state index in [0.29, 0.717) is 0 Å². The molecule has 4 aromatic rings. The molecule has 4 rings (SSSR count). The maximum atomic E-state index is 3.81. The summed E-state index contributed by atoms with van der Waals surface area (Å²) in [6.45, 7) is 4.59. The van der Waals surface area contributed by atoms with E-state index in [-0.39, 0.29) is 0 Å². The van der Waals surface area contributed by atoms with Crippen LogP contribution in [-0.2, 0) is 12.8 Å². The second kappa shape index (κ2) is 13.2. The van der Waals surface area contributed by atoms with Gasteiger partial charge < -0.3 is 0 Å². The van der Waals surface area contributed by atoms with Crippen LogP contribution < -0.4 is 0 Å². The molecule has 0 nitrogen and oxygen atoms in total. The summed E-state index contributed by atoms with van der Waals surface area (Å²) < 4.78 is 5.45. The average molecular weight is 623 g/mol. The van der Waals surface area contributed by atoms with E-state index < -0.39 is 0 Å². The summed E-state index contributed by atoms with van der Waals surface area (Å²) >= 11 is 11.5. The first-order valence-corrected chi connectivity index (χ1v) is 16.6. The van der Waals surface area contributed by atoms with Gasteiger partial charge in [0.2, 0.25) is 0 Å². The van der Waals surface area contributed by atoms with Crippen molar-refractivity contribution in [3.63, 3.8) is 0 Å². The lowest BCUT2D eigenvalue weighted by Gasteiger charge is -2.12. The molecule has 2 aromatic heterocycles. The predicted molar refractivity (Wildman–Crippen MR) is 164 cm³/mol. The van der Waals surface area contributed by atoms with Crippen LogP contribution in [0.15, 0.2) is 31.8 Å². The minimum Gasteiger partial charge on any atom is -0.128 e. The SMILES string of the molecule is CCCCCCCCc1cc2c(cc(CCCCCCCC)c3cc(Br)sc32)c2sc(Br)cc12. The summed E-state index contributed by atoms with van der Waals surface area (Å²) in [5, 5.41) is 5.86. The zero-order chi connectivity index (χ0) is 23.9. The van der Waals surface area contributed by atoms with Crippen molar-refractivity contribution in [1.82, 2.24) is 0 Å². The highest BCUT2D eigenvalue weighted by Gasteiger charge is 2.16. The quantitative estimate of drug-likeness (QED) is 0.123. The summed E-state index contributed by atoms with van der Waals surface area (Å²) in [6.07, 6.45) is 18.6. The molecule has 34 heavy (non-hydrogen) atoms. The fraction of sp³-hybridized carbons (Fsp3) is 0.533. The molecule has 0 radical (unpaired) electrons. The van der Waals surface area contributed by atoms with Gasteiger partial charge in [-0.05, 0) is 104 Å². The molecule has 0 saturated heterocycles. The lowest BCUT2D eigenvalue weighted by Crippen LogP contribution is -1.92. The second-order valence-corrected chi connectivity index (χ2v) is 14.7. The molecular weight excluding hydrogens is 584 g/mol. The zero-order valence-electron chi connectivity index (χ0n) is 20.8. The van der Waals surface area contributed by atoms with E-state index in [1.165, 1.54) is 140 Å². The van der Waals surface area contributed by atoms with Gasteiger partial charge in [-0.1, -0.05) is 78.1 Å². The molecule has 0 aliphatic heterocycles. The first-order chi connectivity index (χ1) is 16.6. The van der Waals surface area contributed by atoms with Crippen LogP contribution in [0.25, 0.3) is 30.9 Å². The maximum absolute atomic E-state index is 3.81. The van der Waals surface area contributed by atoms with Gasteiger partial charge in [0.15, 0.2) is 0 Å². The van der Waals surface area contributed by atoms with Crippen LogP contribution in [0.5, 0.6) is 0 Å². The number of rotatable bonds is 14. The van der Waals surface area contributed by atoms with Crippen molar-refractivity contribution in [2.45, 2.75) is 104 Å². The number of hydrogen-bond donors (Lipinski definition) is 0. The van der Waals surface area contributed by atoms with Crippen LogP contribution >= 0.6 is 54.5 Å². The van der Waals surface area contributed by atoms with Crippen molar-refractivity contribution in [3.8, 4) is 0 Å². The van der Waals surface area contributed by atoms with Gasteiger partial charge in [-0.25, -0.2) is 0 Å². The van der Waals surface area contributed by atoms with E-state index in [1.54, 1.807) is 0 Å². The van der Waals surface area contributed by atoms with E-state index in [0.717, 1.165) is 0 Å². The summed E-state index contributed by atoms with van der Waals surface area (Å²) in [5.74, 6) is 0. The average Bonchev–Trinajstić information content (AvgIpc) is 3.41. The summed E-state index contributed by atoms with van der Waals surface area (Å²) in [6, 6.07) is 9.80. The molecule has 0 bridgehead atoms. The normalized spacial score (nSPS) is 12.0. The van der Waals surface area contributed by atoms with Crippen molar-refractivity contribution in [2.75, 3.05) is 0 Å². The number of benzene rings is 2. The highest BCUT2D eigenvalue weighted by atomic mass is 79.9. The van der Waals surface area contributed by atoms with Gasteiger partial charge in [0.05, 0.1) is 7.57 Å². The molecule has 0 atom stereocenters. The number of thiophene rings is 2. The third kappa shape index (κ3) is 6.47. The monoisotopic (exact) mass is 620 g/mol. The van der Waals surface area contributed by atoms with Crippen molar-refractivity contribution in [2.24, 2.45) is 0 Å². The lowest BCUT2D eigenvalue weighted by molar-refractivity contribution is 0.608. The van der Waals surface area contributed by atoms with E-state index in [9.17, 15) is 0 Å². The Morgan fingerprint density at radius 2 is 0.882 bits per heavy atom. The van der Waals surface area contributed by atoms with E-state index in [1.807, 2.05) is 22.7 Å². The Morgan fingerprint density at radius 3 is 1.29 bits per heavy atom. The van der Waals surface area contributed by atoms with E-state index in [2.05, 4.69) is 70.0 Å². The number of unbranched alkanes of at least 4 members (excludes halogenated alkanes) is 10. The van der Waals surface area contributed by atoms with Crippen molar-refractivity contribution in [3.05, 3.63) is 43.0 Å². The summed E-state index contributed by atoms with van der Waals surface area (Å²) in [5.41, 5.74) is 3.07. The molecule has 0 aliphatic rings. The Balaban J connectivity index is 1.65. The molecular formula is C30H38Br2S2. The van der Waals surface area contributed by atoms with E-state index in [4.69, 9.17) is 0 Å². The molecule has 0 spiro atoms. The molecule has 0 unspecified atom stereocenters. The van der Waals surface area contributed by atoms with Crippen molar-refractivity contribution in [1.29, 1.82) is 0 Å². The van der Waals surface area contributed by atoms with Crippen molar-refractivity contribution < 1.29 is 0 Å². The minimum absolute atomic E-state index is 1.19. The fourth-order valence-electron chi connectivity index (χ4n) is 5.24.